The van der Waals surface area contributed by atoms with Crippen LogP contribution in [0.3, 0.4) is 0 Å². The van der Waals surface area contributed by atoms with Crippen LogP contribution in [-0.4, -0.2) is 52.4 Å². The molecule has 1 fully saturated rings. The molecule has 1 N–H and O–H groups in total. The second kappa shape index (κ2) is 6.80. The van der Waals surface area contributed by atoms with Crippen LogP contribution in [0.4, 0.5) is 4.79 Å². The molecule has 100 valence electrons. The van der Waals surface area contributed by atoms with Gasteiger partial charge in [0.15, 0.2) is 9.84 Å². The number of carbonyl (C=O) groups is 1. The quantitative estimate of drug-likeness (QED) is 0.693. The highest BCUT2D eigenvalue weighted by atomic mass is 32.2. The van der Waals surface area contributed by atoms with Gasteiger partial charge in [0.25, 0.3) is 0 Å². The SMILES string of the molecule is CCOCCOC(=O)NCC1CCS(=O)(=O)C1. The highest BCUT2D eigenvalue weighted by Gasteiger charge is 2.27. The zero-order chi connectivity index (χ0) is 12.7. The van der Waals surface area contributed by atoms with Gasteiger partial charge in [-0.3, -0.25) is 0 Å². The molecule has 1 saturated heterocycles. The minimum atomic E-state index is -2.88. The molecule has 7 heteroatoms. The first-order chi connectivity index (χ1) is 8.03. The van der Waals surface area contributed by atoms with Crippen molar-refractivity contribution in [2.75, 3.05) is 37.9 Å². The predicted molar refractivity (Wildman–Crippen MR) is 62.6 cm³/mol. The number of hydrogen-bond acceptors (Lipinski definition) is 5. The zero-order valence-corrected chi connectivity index (χ0v) is 10.8. The third kappa shape index (κ3) is 5.88. The second-order valence-electron chi connectivity index (χ2n) is 3.98. The van der Waals surface area contributed by atoms with E-state index < -0.39 is 15.9 Å². The molecule has 1 unspecified atom stereocenters. The first-order valence-corrected chi connectivity index (χ1v) is 7.54. The lowest BCUT2D eigenvalue weighted by Crippen LogP contribution is -2.31. The standard InChI is InChI=1S/C10H19NO5S/c1-2-15-4-5-16-10(12)11-7-9-3-6-17(13,14)8-9/h9H,2-8H2,1H3,(H,11,12). The van der Waals surface area contributed by atoms with E-state index in [9.17, 15) is 13.2 Å². The molecule has 0 spiro atoms. The van der Waals surface area contributed by atoms with Crippen molar-refractivity contribution in [2.45, 2.75) is 13.3 Å². The Kier molecular flexibility index (Phi) is 5.70. The van der Waals surface area contributed by atoms with E-state index >= 15 is 0 Å². The van der Waals surface area contributed by atoms with Gasteiger partial charge in [0.2, 0.25) is 0 Å². The van der Waals surface area contributed by atoms with Gasteiger partial charge in [0.1, 0.15) is 6.61 Å². The maximum atomic E-state index is 11.2. The Morgan fingerprint density at radius 1 is 1.41 bits per heavy atom. The van der Waals surface area contributed by atoms with E-state index in [4.69, 9.17) is 9.47 Å². The number of rotatable bonds is 6. The lowest BCUT2D eigenvalue weighted by atomic mass is 10.1. The number of alkyl carbamates (subject to hydrolysis) is 1. The van der Waals surface area contributed by atoms with Gasteiger partial charge in [0.05, 0.1) is 18.1 Å². The number of amides is 1. The summed E-state index contributed by atoms with van der Waals surface area (Å²) in [5.41, 5.74) is 0. The molecular formula is C10H19NO5S. The molecule has 0 saturated carbocycles. The number of sulfone groups is 1. The molecular weight excluding hydrogens is 246 g/mol. The van der Waals surface area contributed by atoms with Gasteiger partial charge in [-0.1, -0.05) is 0 Å². The van der Waals surface area contributed by atoms with Crippen molar-refractivity contribution in [3.8, 4) is 0 Å². The van der Waals surface area contributed by atoms with E-state index in [2.05, 4.69) is 5.32 Å². The Balaban J connectivity index is 2.08. The van der Waals surface area contributed by atoms with Crippen LogP contribution in [0.15, 0.2) is 0 Å². The number of hydrogen-bond donors (Lipinski definition) is 1. The van der Waals surface area contributed by atoms with Gasteiger partial charge in [-0.15, -0.1) is 0 Å². The molecule has 0 radical (unpaired) electrons. The monoisotopic (exact) mass is 265 g/mol. The maximum absolute atomic E-state index is 11.2. The molecule has 1 atom stereocenters. The van der Waals surface area contributed by atoms with Crippen LogP contribution in [0.2, 0.25) is 0 Å². The largest absolute Gasteiger partial charge is 0.447 e. The van der Waals surface area contributed by atoms with Crippen molar-refractivity contribution in [2.24, 2.45) is 5.92 Å². The van der Waals surface area contributed by atoms with Gasteiger partial charge in [-0.05, 0) is 19.3 Å². The smallest absolute Gasteiger partial charge is 0.407 e. The van der Waals surface area contributed by atoms with Gasteiger partial charge >= 0.3 is 6.09 Å². The van der Waals surface area contributed by atoms with Crippen LogP contribution >= 0.6 is 0 Å². The minimum Gasteiger partial charge on any atom is -0.447 e. The molecule has 6 nitrogen and oxygen atoms in total. The van der Waals surface area contributed by atoms with E-state index in [1.54, 1.807) is 0 Å². The molecule has 0 aliphatic carbocycles. The molecule has 1 amide bonds. The van der Waals surface area contributed by atoms with Gasteiger partial charge in [0, 0.05) is 13.2 Å². The summed E-state index contributed by atoms with van der Waals surface area (Å²) in [6, 6.07) is 0. The Hall–Kier alpha value is -0.820. The van der Waals surface area contributed by atoms with Crippen molar-refractivity contribution < 1.29 is 22.7 Å². The van der Waals surface area contributed by atoms with E-state index in [1.807, 2.05) is 6.92 Å². The normalized spacial score (nSPS) is 22.3. The van der Waals surface area contributed by atoms with Crippen LogP contribution < -0.4 is 5.32 Å². The summed E-state index contributed by atoms with van der Waals surface area (Å²) < 4.78 is 32.2. The molecule has 1 rings (SSSR count). The Bertz CT molecular complexity index is 341. The fourth-order valence-corrected chi connectivity index (χ4v) is 3.51. The van der Waals surface area contributed by atoms with Crippen molar-refractivity contribution in [3.05, 3.63) is 0 Å². The molecule has 1 heterocycles. The predicted octanol–water partition coefficient (Wildman–Crippen LogP) is 0.184. The third-order valence-electron chi connectivity index (χ3n) is 2.53. The Morgan fingerprint density at radius 3 is 2.76 bits per heavy atom. The summed E-state index contributed by atoms with van der Waals surface area (Å²) in [5.74, 6) is 0.393. The van der Waals surface area contributed by atoms with Gasteiger partial charge in [-0.2, -0.15) is 0 Å². The van der Waals surface area contributed by atoms with Crippen molar-refractivity contribution in [1.29, 1.82) is 0 Å². The number of carbonyl (C=O) groups excluding carboxylic acids is 1. The first-order valence-electron chi connectivity index (χ1n) is 5.72. The summed E-state index contributed by atoms with van der Waals surface area (Å²) >= 11 is 0. The number of nitrogens with one attached hydrogen (secondary N) is 1. The number of ether oxygens (including phenoxy) is 2. The van der Waals surface area contributed by atoms with E-state index in [0.717, 1.165) is 0 Å². The molecule has 1 aliphatic heterocycles. The van der Waals surface area contributed by atoms with Crippen molar-refractivity contribution >= 4 is 15.9 Å². The van der Waals surface area contributed by atoms with Crippen LogP contribution in [0.5, 0.6) is 0 Å². The van der Waals surface area contributed by atoms with Crippen LogP contribution in [0, 0.1) is 5.92 Å². The van der Waals surface area contributed by atoms with Gasteiger partial charge < -0.3 is 14.8 Å². The molecule has 0 aromatic carbocycles. The average molecular weight is 265 g/mol. The van der Waals surface area contributed by atoms with E-state index in [1.165, 1.54) is 0 Å². The lowest BCUT2D eigenvalue weighted by molar-refractivity contribution is 0.0784. The highest BCUT2D eigenvalue weighted by Crippen LogP contribution is 2.17. The topological polar surface area (TPSA) is 81.7 Å². The Labute approximate surface area is 102 Å². The maximum Gasteiger partial charge on any atom is 0.407 e. The zero-order valence-electron chi connectivity index (χ0n) is 9.98. The van der Waals surface area contributed by atoms with Crippen molar-refractivity contribution in [1.82, 2.24) is 5.32 Å². The van der Waals surface area contributed by atoms with E-state index in [-0.39, 0.29) is 24.0 Å². The van der Waals surface area contributed by atoms with Gasteiger partial charge in [-0.25, -0.2) is 13.2 Å². The van der Waals surface area contributed by atoms with E-state index in [0.29, 0.717) is 26.2 Å². The van der Waals surface area contributed by atoms with Crippen LogP contribution in [0.25, 0.3) is 0 Å². The summed E-state index contributed by atoms with van der Waals surface area (Å²) in [6.07, 6.45) is 0.0932. The second-order valence-corrected chi connectivity index (χ2v) is 6.21. The summed E-state index contributed by atoms with van der Waals surface area (Å²) in [6.45, 7) is 3.39. The lowest BCUT2D eigenvalue weighted by Gasteiger charge is -2.10. The summed E-state index contributed by atoms with van der Waals surface area (Å²) in [7, 11) is -2.88. The van der Waals surface area contributed by atoms with Crippen LogP contribution in [0.1, 0.15) is 13.3 Å². The minimum absolute atomic E-state index is 0.0134. The van der Waals surface area contributed by atoms with Crippen LogP contribution in [-0.2, 0) is 19.3 Å². The van der Waals surface area contributed by atoms with Crippen molar-refractivity contribution in [3.63, 3.8) is 0 Å². The molecule has 0 bridgehead atoms. The Morgan fingerprint density at radius 2 is 2.18 bits per heavy atom. The average Bonchev–Trinajstić information content (AvgIpc) is 2.62. The first kappa shape index (κ1) is 14.2. The highest BCUT2D eigenvalue weighted by molar-refractivity contribution is 7.91. The molecule has 0 aromatic heterocycles. The summed E-state index contributed by atoms with van der Waals surface area (Å²) in [4.78, 5) is 11.2. The molecule has 17 heavy (non-hydrogen) atoms. The fourth-order valence-electron chi connectivity index (χ4n) is 1.65. The summed E-state index contributed by atoms with van der Waals surface area (Å²) in [5, 5.41) is 2.56. The molecule has 0 aromatic rings. The molecule has 1 aliphatic rings. The fraction of sp³-hybridized carbons (Fsp3) is 0.900. The third-order valence-corrected chi connectivity index (χ3v) is 4.36.